The molecule has 0 spiro atoms. The van der Waals surface area contributed by atoms with Crippen LogP contribution in [0.2, 0.25) is 0 Å². The predicted molar refractivity (Wildman–Crippen MR) is 108 cm³/mol. The number of rotatable bonds is 7. The van der Waals surface area contributed by atoms with E-state index in [4.69, 9.17) is 9.15 Å². The summed E-state index contributed by atoms with van der Waals surface area (Å²) in [7, 11) is 0. The van der Waals surface area contributed by atoms with Crippen LogP contribution in [0.5, 0.6) is 5.75 Å². The van der Waals surface area contributed by atoms with E-state index < -0.39 is 0 Å². The Morgan fingerprint density at radius 2 is 1.55 bits per heavy atom. The number of hydrogen-bond acceptors (Lipinski definition) is 5. The third-order valence-corrected chi connectivity index (χ3v) is 3.67. The molecule has 148 valence electrons. The average Bonchev–Trinajstić information content (AvgIpc) is 3.21. The molecule has 3 aromatic rings. The molecule has 0 fully saturated rings. The molecular weight excluding hydrogens is 374 g/mol. The minimum Gasteiger partial charge on any atom is -0.484 e. The fourth-order valence-electron chi connectivity index (χ4n) is 2.49. The van der Waals surface area contributed by atoms with E-state index >= 15 is 0 Å². The number of amides is 3. The van der Waals surface area contributed by atoms with Gasteiger partial charge in [-0.2, -0.15) is 0 Å². The van der Waals surface area contributed by atoms with Gasteiger partial charge in [-0.3, -0.25) is 14.4 Å². The van der Waals surface area contributed by atoms with Crippen molar-refractivity contribution in [3.8, 4) is 5.75 Å². The summed E-state index contributed by atoms with van der Waals surface area (Å²) in [5.74, 6) is -0.337. The van der Waals surface area contributed by atoms with Crippen LogP contribution in [0.1, 0.15) is 17.5 Å². The average molecular weight is 393 g/mol. The summed E-state index contributed by atoms with van der Waals surface area (Å²) in [6, 6.07) is 16.6. The Labute approximate surface area is 166 Å². The van der Waals surface area contributed by atoms with Crippen molar-refractivity contribution in [2.75, 3.05) is 22.6 Å². The quantitative estimate of drug-likeness (QED) is 0.569. The molecule has 0 unspecified atom stereocenters. The molecule has 0 aliphatic carbocycles. The van der Waals surface area contributed by atoms with Crippen LogP contribution < -0.4 is 20.7 Å². The molecule has 3 rings (SSSR count). The van der Waals surface area contributed by atoms with Crippen molar-refractivity contribution in [2.45, 2.75) is 6.92 Å². The van der Waals surface area contributed by atoms with Crippen molar-refractivity contribution < 1.29 is 23.5 Å². The molecule has 0 aliphatic rings. The van der Waals surface area contributed by atoms with Gasteiger partial charge in [-0.05, 0) is 42.5 Å². The van der Waals surface area contributed by atoms with Crippen LogP contribution in [0.4, 0.5) is 17.1 Å². The lowest BCUT2D eigenvalue weighted by Gasteiger charge is -2.10. The largest absolute Gasteiger partial charge is 0.484 e. The van der Waals surface area contributed by atoms with Crippen LogP contribution in [0.3, 0.4) is 0 Å². The van der Waals surface area contributed by atoms with Crippen LogP contribution in [-0.2, 0) is 9.59 Å². The van der Waals surface area contributed by atoms with E-state index in [9.17, 15) is 14.4 Å². The SMILES string of the molecule is CC(=O)Nc1cccc(NC(=O)COc2cccc(NC(=O)c3ccco3)c2)c1. The molecule has 29 heavy (non-hydrogen) atoms. The van der Waals surface area contributed by atoms with E-state index in [0.717, 1.165) is 0 Å². The molecule has 0 radical (unpaired) electrons. The fourth-order valence-corrected chi connectivity index (χ4v) is 2.49. The van der Waals surface area contributed by atoms with Gasteiger partial charge in [0.05, 0.1) is 6.26 Å². The molecule has 2 aromatic carbocycles. The Kier molecular flexibility index (Phi) is 6.26. The summed E-state index contributed by atoms with van der Waals surface area (Å²) < 4.78 is 10.5. The topological polar surface area (TPSA) is 110 Å². The number of anilines is 3. The third-order valence-electron chi connectivity index (χ3n) is 3.67. The van der Waals surface area contributed by atoms with Gasteiger partial charge in [-0.25, -0.2) is 0 Å². The highest BCUT2D eigenvalue weighted by Crippen LogP contribution is 2.19. The van der Waals surface area contributed by atoms with Gasteiger partial charge in [0, 0.05) is 30.1 Å². The highest BCUT2D eigenvalue weighted by molar-refractivity contribution is 6.02. The lowest BCUT2D eigenvalue weighted by atomic mass is 10.2. The molecular formula is C21H19N3O5. The minimum atomic E-state index is -0.385. The third kappa shape index (κ3) is 5.96. The van der Waals surface area contributed by atoms with Crippen LogP contribution in [-0.4, -0.2) is 24.3 Å². The summed E-state index contributed by atoms with van der Waals surface area (Å²) in [5, 5.41) is 8.03. The highest BCUT2D eigenvalue weighted by Gasteiger charge is 2.10. The summed E-state index contributed by atoms with van der Waals surface area (Å²) >= 11 is 0. The monoisotopic (exact) mass is 393 g/mol. The second-order valence-electron chi connectivity index (χ2n) is 6.06. The van der Waals surface area contributed by atoms with Gasteiger partial charge >= 0.3 is 0 Å². The fraction of sp³-hybridized carbons (Fsp3) is 0.0952. The number of hydrogen-bond donors (Lipinski definition) is 3. The molecule has 0 atom stereocenters. The van der Waals surface area contributed by atoms with Gasteiger partial charge in [0.25, 0.3) is 11.8 Å². The Morgan fingerprint density at radius 1 is 0.862 bits per heavy atom. The number of ether oxygens (including phenoxy) is 1. The molecule has 8 heteroatoms. The summed E-state index contributed by atoms with van der Waals surface area (Å²) in [6.07, 6.45) is 1.42. The molecule has 0 saturated heterocycles. The molecule has 1 aromatic heterocycles. The van der Waals surface area contributed by atoms with Gasteiger partial charge in [0.1, 0.15) is 5.75 Å². The summed E-state index contributed by atoms with van der Waals surface area (Å²) in [5.41, 5.74) is 1.62. The highest BCUT2D eigenvalue weighted by atomic mass is 16.5. The van der Waals surface area contributed by atoms with E-state index in [1.807, 2.05) is 0 Å². The zero-order chi connectivity index (χ0) is 20.6. The predicted octanol–water partition coefficient (Wildman–Crippen LogP) is 3.51. The van der Waals surface area contributed by atoms with E-state index in [-0.39, 0.29) is 30.1 Å². The van der Waals surface area contributed by atoms with Crippen LogP contribution in [0.25, 0.3) is 0 Å². The van der Waals surface area contributed by atoms with Gasteiger partial charge in [0.15, 0.2) is 12.4 Å². The van der Waals surface area contributed by atoms with Crippen molar-refractivity contribution in [2.24, 2.45) is 0 Å². The second-order valence-corrected chi connectivity index (χ2v) is 6.06. The van der Waals surface area contributed by atoms with Crippen molar-refractivity contribution in [3.63, 3.8) is 0 Å². The van der Waals surface area contributed by atoms with Gasteiger partial charge in [0.2, 0.25) is 5.91 Å². The number of furan rings is 1. The first-order chi connectivity index (χ1) is 14.0. The smallest absolute Gasteiger partial charge is 0.291 e. The first-order valence-corrected chi connectivity index (χ1v) is 8.75. The number of benzene rings is 2. The summed E-state index contributed by atoms with van der Waals surface area (Å²) in [6.45, 7) is 1.18. The van der Waals surface area contributed by atoms with Crippen molar-refractivity contribution in [3.05, 3.63) is 72.7 Å². The normalized spacial score (nSPS) is 10.1. The lowest BCUT2D eigenvalue weighted by molar-refractivity contribution is -0.118. The second kappa shape index (κ2) is 9.23. The first kappa shape index (κ1) is 19.7. The van der Waals surface area contributed by atoms with E-state index in [1.165, 1.54) is 13.2 Å². The molecule has 1 heterocycles. The summed E-state index contributed by atoms with van der Waals surface area (Å²) in [4.78, 5) is 35.3. The van der Waals surface area contributed by atoms with Gasteiger partial charge in [-0.15, -0.1) is 0 Å². The number of carbonyl (C=O) groups excluding carboxylic acids is 3. The molecule has 8 nitrogen and oxygen atoms in total. The van der Waals surface area contributed by atoms with Crippen molar-refractivity contribution in [1.29, 1.82) is 0 Å². The van der Waals surface area contributed by atoms with Crippen molar-refractivity contribution >= 4 is 34.8 Å². The van der Waals surface area contributed by atoms with E-state index in [1.54, 1.807) is 60.7 Å². The molecule has 0 saturated carbocycles. The molecule has 3 N–H and O–H groups in total. The Morgan fingerprint density at radius 3 is 2.24 bits per heavy atom. The Hall–Kier alpha value is -4.07. The van der Waals surface area contributed by atoms with E-state index in [0.29, 0.717) is 22.8 Å². The standard InChI is InChI=1S/C21H19N3O5/c1-14(25)22-15-5-2-6-16(11-15)23-20(26)13-29-18-8-3-7-17(12-18)24-21(27)19-9-4-10-28-19/h2-12H,13H2,1H3,(H,22,25)(H,23,26)(H,24,27). The number of carbonyl (C=O) groups is 3. The van der Waals surface area contributed by atoms with Crippen LogP contribution in [0.15, 0.2) is 71.3 Å². The van der Waals surface area contributed by atoms with Crippen molar-refractivity contribution in [1.82, 2.24) is 0 Å². The van der Waals surface area contributed by atoms with Crippen LogP contribution >= 0.6 is 0 Å². The zero-order valence-corrected chi connectivity index (χ0v) is 15.6. The Bertz CT molecular complexity index is 1010. The minimum absolute atomic E-state index is 0.192. The van der Waals surface area contributed by atoms with E-state index in [2.05, 4.69) is 16.0 Å². The first-order valence-electron chi connectivity index (χ1n) is 8.75. The molecule has 0 aliphatic heterocycles. The zero-order valence-electron chi connectivity index (χ0n) is 15.6. The van der Waals surface area contributed by atoms with Crippen LogP contribution in [0, 0.1) is 0 Å². The lowest BCUT2D eigenvalue weighted by Crippen LogP contribution is -2.20. The maximum absolute atomic E-state index is 12.1. The molecule has 0 bridgehead atoms. The Balaban J connectivity index is 1.54. The maximum Gasteiger partial charge on any atom is 0.291 e. The van der Waals surface area contributed by atoms with Gasteiger partial charge < -0.3 is 25.1 Å². The van der Waals surface area contributed by atoms with Gasteiger partial charge in [-0.1, -0.05) is 12.1 Å². The molecule has 3 amide bonds. The number of nitrogens with one attached hydrogen (secondary N) is 3. The maximum atomic E-state index is 12.1.